The number of aromatic nitrogens is 2. The highest BCUT2D eigenvalue weighted by Crippen LogP contribution is 2.40. The van der Waals surface area contributed by atoms with Gasteiger partial charge in [-0.3, -0.25) is 4.79 Å². The van der Waals surface area contributed by atoms with E-state index in [4.69, 9.17) is 4.52 Å². The molecule has 0 aromatic carbocycles. The van der Waals surface area contributed by atoms with E-state index in [0.717, 1.165) is 49.0 Å². The quantitative estimate of drug-likeness (QED) is 0.908. The van der Waals surface area contributed by atoms with Gasteiger partial charge in [-0.05, 0) is 52.1 Å². The van der Waals surface area contributed by atoms with Crippen LogP contribution in [0, 0.1) is 6.92 Å². The molecule has 1 aliphatic carbocycles. The average Bonchev–Trinajstić information content (AvgIpc) is 3.33. The number of carbonyl (C=O) groups excluding carboxylic acids is 1. The highest BCUT2D eigenvalue weighted by molar-refractivity contribution is 6.06. The van der Waals surface area contributed by atoms with Crippen LogP contribution in [0.15, 0.2) is 10.6 Å². The van der Waals surface area contributed by atoms with Gasteiger partial charge in [0, 0.05) is 23.7 Å². The highest BCUT2D eigenvalue weighted by Gasteiger charge is 2.30. The van der Waals surface area contributed by atoms with E-state index < -0.39 is 0 Å². The number of nitrogens with one attached hydrogen (secondary N) is 2. The number of nitrogens with zero attached hydrogens (tertiary/aromatic N) is 2. The first-order valence-corrected chi connectivity index (χ1v) is 8.44. The predicted octanol–water partition coefficient (Wildman–Crippen LogP) is 2.28. The summed E-state index contributed by atoms with van der Waals surface area (Å²) in [6.45, 7) is 4.99. The number of carbonyl (C=O) groups is 1. The molecule has 0 radical (unpaired) electrons. The van der Waals surface area contributed by atoms with Crippen molar-refractivity contribution in [3.63, 3.8) is 0 Å². The van der Waals surface area contributed by atoms with Crippen molar-refractivity contribution in [1.29, 1.82) is 0 Å². The first kappa shape index (κ1) is 14.6. The van der Waals surface area contributed by atoms with E-state index in [0.29, 0.717) is 17.2 Å². The SMILES string of the molecule is Cc1noc2nc(C3CC3)cc(C(=O)NC3CCCNC3C)c12. The number of hydrogen-bond donors (Lipinski definition) is 2. The summed E-state index contributed by atoms with van der Waals surface area (Å²) in [7, 11) is 0. The lowest BCUT2D eigenvalue weighted by molar-refractivity contribution is 0.0921. The molecule has 2 aliphatic rings. The molecule has 0 bridgehead atoms. The monoisotopic (exact) mass is 314 g/mol. The molecule has 6 nitrogen and oxygen atoms in total. The van der Waals surface area contributed by atoms with E-state index in [1.54, 1.807) is 0 Å². The molecule has 6 heteroatoms. The first-order valence-electron chi connectivity index (χ1n) is 8.44. The molecule has 0 spiro atoms. The zero-order valence-electron chi connectivity index (χ0n) is 13.6. The second-order valence-electron chi connectivity index (χ2n) is 6.78. The fraction of sp³-hybridized carbons (Fsp3) is 0.588. The summed E-state index contributed by atoms with van der Waals surface area (Å²) in [4.78, 5) is 17.4. The van der Waals surface area contributed by atoms with Crippen molar-refractivity contribution < 1.29 is 9.32 Å². The Morgan fingerprint density at radius 1 is 1.39 bits per heavy atom. The maximum Gasteiger partial charge on any atom is 0.259 e. The Bertz CT molecular complexity index is 750. The van der Waals surface area contributed by atoms with Crippen molar-refractivity contribution in [3.8, 4) is 0 Å². The topological polar surface area (TPSA) is 80.0 Å². The van der Waals surface area contributed by atoms with Gasteiger partial charge in [0.05, 0.1) is 16.6 Å². The second kappa shape index (κ2) is 5.60. The molecular weight excluding hydrogens is 292 g/mol. The molecular formula is C17H22N4O2. The second-order valence-corrected chi connectivity index (χ2v) is 6.78. The van der Waals surface area contributed by atoms with E-state index in [2.05, 4.69) is 27.7 Å². The lowest BCUT2D eigenvalue weighted by Crippen LogP contribution is -2.51. The van der Waals surface area contributed by atoms with Gasteiger partial charge in [0.1, 0.15) is 0 Å². The number of fused-ring (bicyclic) bond motifs is 1. The van der Waals surface area contributed by atoms with Crippen LogP contribution in [0.25, 0.3) is 11.1 Å². The zero-order chi connectivity index (χ0) is 16.0. The zero-order valence-corrected chi connectivity index (χ0v) is 13.6. The Morgan fingerprint density at radius 3 is 2.96 bits per heavy atom. The van der Waals surface area contributed by atoms with Gasteiger partial charge in [0.25, 0.3) is 11.6 Å². The van der Waals surface area contributed by atoms with E-state index in [-0.39, 0.29) is 18.0 Å². The van der Waals surface area contributed by atoms with E-state index in [1.807, 2.05) is 13.0 Å². The van der Waals surface area contributed by atoms with Gasteiger partial charge in [0.15, 0.2) is 0 Å². The Hall–Kier alpha value is -1.95. The average molecular weight is 314 g/mol. The lowest BCUT2D eigenvalue weighted by atomic mass is 9.99. The van der Waals surface area contributed by atoms with Crippen LogP contribution < -0.4 is 10.6 Å². The summed E-state index contributed by atoms with van der Waals surface area (Å²) in [6.07, 6.45) is 4.36. The highest BCUT2D eigenvalue weighted by atomic mass is 16.5. The van der Waals surface area contributed by atoms with Gasteiger partial charge in [-0.1, -0.05) is 5.16 Å². The summed E-state index contributed by atoms with van der Waals surface area (Å²) >= 11 is 0. The number of amides is 1. The van der Waals surface area contributed by atoms with Crippen molar-refractivity contribution in [2.24, 2.45) is 0 Å². The van der Waals surface area contributed by atoms with Crippen LogP contribution in [0.3, 0.4) is 0 Å². The van der Waals surface area contributed by atoms with Crippen LogP contribution in [-0.2, 0) is 0 Å². The molecule has 1 saturated carbocycles. The van der Waals surface area contributed by atoms with Crippen LogP contribution in [-0.4, -0.2) is 34.7 Å². The van der Waals surface area contributed by atoms with Gasteiger partial charge < -0.3 is 15.2 Å². The molecule has 3 heterocycles. The molecule has 23 heavy (non-hydrogen) atoms. The minimum Gasteiger partial charge on any atom is -0.348 e. The van der Waals surface area contributed by atoms with E-state index in [9.17, 15) is 4.79 Å². The smallest absolute Gasteiger partial charge is 0.259 e. The Balaban J connectivity index is 1.68. The number of aryl methyl sites for hydroxylation is 1. The van der Waals surface area contributed by atoms with Gasteiger partial charge >= 0.3 is 0 Å². The summed E-state index contributed by atoms with van der Waals surface area (Å²) in [6, 6.07) is 2.38. The minimum absolute atomic E-state index is 0.0499. The van der Waals surface area contributed by atoms with Crippen LogP contribution in [0.4, 0.5) is 0 Å². The summed E-state index contributed by atoms with van der Waals surface area (Å²) in [5, 5.41) is 11.3. The molecule has 2 unspecified atom stereocenters. The van der Waals surface area contributed by atoms with Crippen molar-refractivity contribution in [2.75, 3.05) is 6.54 Å². The molecule has 2 atom stereocenters. The first-order chi connectivity index (χ1) is 11.1. The molecule has 1 amide bonds. The van der Waals surface area contributed by atoms with Crippen LogP contribution in [0.1, 0.15) is 60.3 Å². The van der Waals surface area contributed by atoms with Crippen molar-refractivity contribution in [3.05, 3.63) is 23.0 Å². The summed E-state index contributed by atoms with van der Waals surface area (Å²) in [5.41, 5.74) is 2.80. The van der Waals surface area contributed by atoms with Crippen molar-refractivity contribution in [2.45, 2.75) is 57.5 Å². The molecule has 1 aliphatic heterocycles. The maximum atomic E-state index is 12.9. The van der Waals surface area contributed by atoms with Gasteiger partial charge in [-0.2, -0.15) is 0 Å². The van der Waals surface area contributed by atoms with Gasteiger partial charge in [0.2, 0.25) is 0 Å². The van der Waals surface area contributed by atoms with Gasteiger partial charge in [-0.25, -0.2) is 4.98 Å². The molecule has 2 aromatic rings. The molecule has 2 aromatic heterocycles. The Labute approximate surface area is 135 Å². The third-order valence-corrected chi connectivity index (χ3v) is 4.96. The largest absolute Gasteiger partial charge is 0.348 e. The number of pyridine rings is 1. The normalized spacial score (nSPS) is 24.8. The fourth-order valence-corrected chi connectivity index (χ4v) is 3.37. The predicted molar refractivity (Wildman–Crippen MR) is 86.5 cm³/mol. The standard InChI is InChI=1S/C17H22N4O2/c1-9-13(4-3-7-18-9)19-16(22)12-8-14(11-5-6-11)20-17-15(12)10(2)21-23-17/h8-9,11,13,18H,3-7H2,1-2H3,(H,19,22). The Morgan fingerprint density at radius 2 is 2.22 bits per heavy atom. The molecule has 4 rings (SSSR count). The summed E-state index contributed by atoms with van der Waals surface area (Å²) < 4.78 is 5.32. The number of hydrogen-bond acceptors (Lipinski definition) is 5. The van der Waals surface area contributed by atoms with Crippen LogP contribution >= 0.6 is 0 Å². The third kappa shape index (κ3) is 2.72. The van der Waals surface area contributed by atoms with Crippen molar-refractivity contribution >= 4 is 17.0 Å². The van der Waals surface area contributed by atoms with E-state index in [1.165, 1.54) is 0 Å². The maximum absolute atomic E-state index is 12.9. The molecule has 2 N–H and O–H groups in total. The molecule has 2 fully saturated rings. The number of rotatable bonds is 3. The van der Waals surface area contributed by atoms with E-state index >= 15 is 0 Å². The summed E-state index contributed by atoms with van der Waals surface area (Å²) in [5.74, 6) is 0.415. The molecule has 1 saturated heterocycles. The van der Waals surface area contributed by atoms with Crippen LogP contribution in [0.5, 0.6) is 0 Å². The van der Waals surface area contributed by atoms with Gasteiger partial charge in [-0.15, -0.1) is 0 Å². The number of piperidine rings is 1. The Kier molecular flexibility index (Phi) is 3.56. The minimum atomic E-state index is -0.0499. The van der Waals surface area contributed by atoms with Crippen molar-refractivity contribution in [1.82, 2.24) is 20.8 Å². The van der Waals surface area contributed by atoms with Crippen LogP contribution in [0.2, 0.25) is 0 Å². The fourth-order valence-electron chi connectivity index (χ4n) is 3.37. The third-order valence-electron chi connectivity index (χ3n) is 4.96. The lowest BCUT2D eigenvalue weighted by Gasteiger charge is -2.30. The molecule has 122 valence electrons.